The van der Waals surface area contributed by atoms with Crippen LogP contribution in [0.3, 0.4) is 0 Å². The van der Waals surface area contributed by atoms with Crippen molar-refractivity contribution in [3.8, 4) is 0 Å². The van der Waals surface area contributed by atoms with E-state index in [1.54, 1.807) is 0 Å². The van der Waals surface area contributed by atoms with E-state index in [4.69, 9.17) is 4.74 Å². The van der Waals surface area contributed by atoms with Crippen molar-refractivity contribution < 1.29 is 4.74 Å². The SMILES string of the molecule is CC1(C)C=CC2=C(C=C1)OCCC2. The summed E-state index contributed by atoms with van der Waals surface area (Å²) in [7, 11) is 0. The molecular formula is C12H16O. The third kappa shape index (κ3) is 1.85. The Bertz CT molecular complexity index is 264. The number of rotatable bonds is 0. The van der Waals surface area contributed by atoms with Crippen molar-refractivity contribution in [1.29, 1.82) is 0 Å². The maximum Gasteiger partial charge on any atom is 0.122 e. The molecule has 0 unspecified atom stereocenters. The van der Waals surface area contributed by atoms with Gasteiger partial charge in [-0.2, -0.15) is 0 Å². The van der Waals surface area contributed by atoms with Gasteiger partial charge in [0.2, 0.25) is 0 Å². The molecule has 1 aliphatic carbocycles. The second-order valence-electron chi connectivity index (χ2n) is 4.33. The highest BCUT2D eigenvalue weighted by Crippen LogP contribution is 2.29. The van der Waals surface area contributed by atoms with Gasteiger partial charge in [0, 0.05) is 5.41 Å². The third-order valence-electron chi connectivity index (χ3n) is 2.54. The van der Waals surface area contributed by atoms with Crippen LogP contribution in [0.2, 0.25) is 0 Å². The topological polar surface area (TPSA) is 9.23 Å². The highest BCUT2D eigenvalue weighted by Gasteiger charge is 2.16. The third-order valence-corrected chi connectivity index (χ3v) is 2.54. The zero-order valence-electron chi connectivity index (χ0n) is 8.34. The molecule has 1 heterocycles. The summed E-state index contributed by atoms with van der Waals surface area (Å²) in [4.78, 5) is 0. The highest BCUT2D eigenvalue weighted by atomic mass is 16.5. The standard InChI is InChI=1S/C12H16O/c1-12(2)7-5-10-4-3-9-13-11(10)6-8-12/h5-8H,3-4,9H2,1-2H3. The molecule has 0 saturated carbocycles. The molecule has 0 bridgehead atoms. The van der Waals surface area contributed by atoms with Gasteiger partial charge in [0.05, 0.1) is 6.61 Å². The molecule has 1 nitrogen and oxygen atoms in total. The van der Waals surface area contributed by atoms with E-state index in [2.05, 4.69) is 38.2 Å². The zero-order valence-corrected chi connectivity index (χ0v) is 8.34. The van der Waals surface area contributed by atoms with E-state index in [1.807, 2.05) is 0 Å². The van der Waals surface area contributed by atoms with E-state index in [0.29, 0.717) is 0 Å². The van der Waals surface area contributed by atoms with Gasteiger partial charge in [-0.15, -0.1) is 0 Å². The summed E-state index contributed by atoms with van der Waals surface area (Å²) in [6, 6.07) is 0. The molecule has 0 N–H and O–H groups in total. The first-order valence-corrected chi connectivity index (χ1v) is 4.92. The molecule has 0 aromatic heterocycles. The largest absolute Gasteiger partial charge is 0.493 e. The number of allylic oxidation sites excluding steroid dienone is 5. The minimum atomic E-state index is 0.167. The fourth-order valence-corrected chi connectivity index (χ4v) is 1.64. The van der Waals surface area contributed by atoms with E-state index in [-0.39, 0.29) is 5.41 Å². The predicted molar refractivity (Wildman–Crippen MR) is 54.3 cm³/mol. The lowest BCUT2D eigenvalue weighted by Gasteiger charge is -2.16. The summed E-state index contributed by atoms with van der Waals surface area (Å²) in [5.41, 5.74) is 1.52. The number of hydrogen-bond acceptors (Lipinski definition) is 1. The maximum atomic E-state index is 5.60. The van der Waals surface area contributed by atoms with Crippen molar-refractivity contribution in [3.05, 3.63) is 35.6 Å². The zero-order chi connectivity index (χ0) is 9.31. The van der Waals surface area contributed by atoms with Gasteiger partial charge in [-0.05, 0) is 24.5 Å². The molecule has 0 radical (unpaired) electrons. The van der Waals surface area contributed by atoms with Crippen LogP contribution < -0.4 is 0 Å². The van der Waals surface area contributed by atoms with E-state index in [9.17, 15) is 0 Å². The summed E-state index contributed by atoms with van der Waals surface area (Å²) < 4.78 is 5.60. The Hall–Kier alpha value is -0.980. The quantitative estimate of drug-likeness (QED) is 0.550. The lowest BCUT2D eigenvalue weighted by Crippen LogP contribution is -2.03. The van der Waals surface area contributed by atoms with Crippen LogP contribution in [0.5, 0.6) is 0 Å². The average molecular weight is 176 g/mol. The summed E-state index contributed by atoms with van der Waals surface area (Å²) in [5, 5.41) is 0. The van der Waals surface area contributed by atoms with Gasteiger partial charge in [-0.3, -0.25) is 0 Å². The summed E-state index contributed by atoms with van der Waals surface area (Å²) in [6.45, 7) is 5.29. The van der Waals surface area contributed by atoms with Crippen LogP contribution in [-0.2, 0) is 4.74 Å². The Kier molecular flexibility index (Phi) is 2.03. The molecule has 0 spiro atoms. The highest BCUT2D eigenvalue weighted by molar-refractivity contribution is 5.35. The monoisotopic (exact) mass is 176 g/mol. The molecule has 0 aromatic rings. The van der Waals surface area contributed by atoms with Crippen LogP contribution in [0.25, 0.3) is 0 Å². The van der Waals surface area contributed by atoms with Crippen molar-refractivity contribution in [3.63, 3.8) is 0 Å². The Balaban J connectivity index is 2.32. The Morgan fingerprint density at radius 3 is 2.85 bits per heavy atom. The van der Waals surface area contributed by atoms with Crippen molar-refractivity contribution >= 4 is 0 Å². The lowest BCUT2D eigenvalue weighted by atomic mass is 9.93. The molecule has 0 atom stereocenters. The molecule has 0 aromatic carbocycles. The minimum Gasteiger partial charge on any atom is -0.493 e. The molecule has 1 aliphatic heterocycles. The van der Waals surface area contributed by atoms with Gasteiger partial charge < -0.3 is 4.74 Å². The lowest BCUT2D eigenvalue weighted by molar-refractivity contribution is 0.201. The fourth-order valence-electron chi connectivity index (χ4n) is 1.64. The minimum absolute atomic E-state index is 0.167. The van der Waals surface area contributed by atoms with Gasteiger partial charge in [0.25, 0.3) is 0 Å². The normalized spacial score (nSPS) is 25.1. The predicted octanol–water partition coefficient (Wildman–Crippen LogP) is 3.20. The first-order valence-electron chi connectivity index (χ1n) is 4.92. The van der Waals surface area contributed by atoms with Crippen LogP contribution in [-0.4, -0.2) is 6.61 Å². The first kappa shape index (κ1) is 8.61. The molecule has 0 fully saturated rings. The van der Waals surface area contributed by atoms with Gasteiger partial charge >= 0.3 is 0 Å². The first-order chi connectivity index (χ1) is 6.17. The van der Waals surface area contributed by atoms with E-state index >= 15 is 0 Å². The molecular weight excluding hydrogens is 160 g/mol. The van der Waals surface area contributed by atoms with Crippen LogP contribution in [0.1, 0.15) is 26.7 Å². The van der Waals surface area contributed by atoms with Crippen LogP contribution >= 0.6 is 0 Å². The fraction of sp³-hybridized carbons (Fsp3) is 0.500. The van der Waals surface area contributed by atoms with E-state index in [1.165, 1.54) is 5.57 Å². The number of ether oxygens (including phenoxy) is 1. The van der Waals surface area contributed by atoms with E-state index in [0.717, 1.165) is 25.2 Å². The molecule has 70 valence electrons. The molecule has 2 aliphatic rings. The molecule has 2 rings (SSSR count). The average Bonchev–Trinajstić information content (AvgIpc) is 2.27. The van der Waals surface area contributed by atoms with Crippen molar-refractivity contribution in [2.75, 3.05) is 6.61 Å². The van der Waals surface area contributed by atoms with E-state index < -0.39 is 0 Å². The molecule has 0 saturated heterocycles. The van der Waals surface area contributed by atoms with Gasteiger partial charge in [-0.25, -0.2) is 0 Å². The summed E-state index contributed by atoms with van der Waals surface area (Å²) >= 11 is 0. The van der Waals surface area contributed by atoms with Crippen molar-refractivity contribution in [2.24, 2.45) is 5.41 Å². The van der Waals surface area contributed by atoms with Crippen molar-refractivity contribution in [1.82, 2.24) is 0 Å². The van der Waals surface area contributed by atoms with Gasteiger partial charge in [-0.1, -0.05) is 32.1 Å². The molecule has 0 amide bonds. The second kappa shape index (κ2) is 3.06. The Morgan fingerprint density at radius 1 is 1.23 bits per heavy atom. The van der Waals surface area contributed by atoms with Gasteiger partial charge in [0.1, 0.15) is 5.76 Å². The van der Waals surface area contributed by atoms with Crippen LogP contribution in [0.4, 0.5) is 0 Å². The Morgan fingerprint density at radius 2 is 2.00 bits per heavy atom. The molecule has 13 heavy (non-hydrogen) atoms. The van der Waals surface area contributed by atoms with Crippen LogP contribution in [0, 0.1) is 5.41 Å². The molecule has 1 heteroatoms. The maximum absolute atomic E-state index is 5.60. The smallest absolute Gasteiger partial charge is 0.122 e. The van der Waals surface area contributed by atoms with Gasteiger partial charge in [0.15, 0.2) is 0 Å². The second-order valence-corrected chi connectivity index (χ2v) is 4.33. The summed E-state index contributed by atoms with van der Waals surface area (Å²) in [6.07, 6.45) is 11.1. The number of hydrogen-bond donors (Lipinski definition) is 0. The van der Waals surface area contributed by atoms with Crippen molar-refractivity contribution in [2.45, 2.75) is 26.7 Å². The Labute approximate surface area is 79.8 Å². The van der Waals surface area contributed by atoms with Crippen LogP contribution in [0.15, 0.2) is 35.6 Å². The summed E-state index contributed by atoms with van der Waals surface area (Å²) in [5.74, 6) is 1.08.